The van der Waals surface area contributed by atoms with Crippen LogP contribution in [0, 0.1) is 13.8 Å². The van der Waals surface area contributed by atoms with Crippen LogP contribution in [-0.4, -0.2) is 15.5 Å². The van der Waals surface area contributed by atoms with Crippen molar-refractivity contribution in [3.8, 4) is 11.5 Å². The smallest absolute Gasteiger partial charge is 0.261 e. The zero-order valence-corrected chi connectivity index (χ0v) is 17.5. The Balaban J connectivity index is 1.37. The van der Waals surface area contributed by atoms with Gasteiger partial charge in [0.1, 0.15) is 17.3 Å². The number of fused-ring (bicyclic) bond motifs is 1. The van der Waals surface area contributed by atoms with Crippen molar-refractivity contribution in [2.75, 3.05) is 5.32 Å². The summed E-state index contributed by atoms with van der Waals surface area (Å²) >= 11 is 0. The summed E-state index contributed by atoms with van der Waals surface area (Å²) < 4.78 is 7.34. The van der Waals surface area contributed by atoms with Gasteiger partial charge in [0.05, 0.1) is 10.9 Å². The molecule has 0 radical (unpaired) electrons. The Morgan fingerprint density at radius 1 is 0.935 bits per heavy atom. The van der Waals surface area contributed by atoms with Crippen molar-refractivity contribution in [2.45, 2.75) is 26.8 Å². The van der Waals surface area contributed by atoms with E-state index in [4.69, 9.17) is 4.74 Å². The molecule has 0 saturated heterocycles. The van der Waals surface area contributed by atoms with E-state index in [1.54, 1.807) is 41.8 Å². The van der Waals surface area contributed by atoms with Gasteiger partial charge < -0.3 is 10.1 Å². The van der Waals surface area contributed by atoms with Crippen molar-refractivity contribution in [1.29, 1.82) is 0 Å². The third-order valence-corrected chi connectivity index (χ3v) is 5.01. The van der Waals surface area contributed by atoms with Gasteiger partial charge in [-0.1, -0.05) is 29.8 Å². The molecule has 0 aliphatic carbocycles. The number of ether oxygens (including phenoxy) is 1. The maximum atomic E-state index is 12.7. The number of nitrogens with zero attached hydrogens (tertiary/aromatic N) is 2. The van der Waals surface area contributed by atoms with Gasteiger partial charge in [0.25, 0.3) is 5.56 Å². The Bertz CT molecular complexity index is 1280. The number of amides is 1. The van der Waals surface area contributed by atoms with Crippen LogP contribution in [0.1, 0.15) is 17.8 Å². The van der Waals surface area contributed by atoms with Gasteiger partial charge in [-0.15, -0.1) is 0 Å². The Kier molecular flexibility index (Phi) is 5.80. The first-order valence-electron chi connectivity index (χ1n) is 10.1. The molecule has 0 atom stereocenters. The minimum absolute atomic E-state index is 0.131. The molecule has 0 aliphatic heterocycles. The van der Waals surface area contributed by atoms with Crippen LogP contribution in [0.4, 0.5) is 5.69 Å². The van der Waals surface area contributed by atoms with Crippen molar-refractivity contribution in [1.82, 2.24) is 9.55 Å². The van der Waals surface area contributed by atoms with Crippen LogP contribution in [0.15, 0.2) is 77.6 Å². The number of nitrogens with one attached hydrogen (secondary N) is 1. The summed E-state index contributed by atoms with van der Waals surface area (Å²) in [5.41, 5.74) is 2.37. The molecule has 31 heavy (non-hydrogen) atoms. The second-order valence-corrected chi connectivity index (χ2v) is 7.37. The van der Waals surface area contributed by atoms with Crippen LogP contribution in [0.2, 0.25) is 0 Å². The molecular formula is C25H23N3O3. The highest BCUT2D eigenvalue weighted by atomic mass is 16.5. The molecule has 0 fully saturated rings. The van der Waals surface area contributed by atoms with Crippen molar-refractivity contribution < 1.29 is 9.53 Å². The van der Waals surface area contributed by atoms with Crippen LogP contribution in [0.25, 0.3) is 10.9 Å². The monoisotopic (exact) mass is 413 g/mol. The van der Waals surface area contributed by atoms with Gasteiger partial charge in [-0.05, 0) is 62.4 Å². The van der Waals surface area contributed by atoms with Crippen LogP contribution in [-0.2, 0) is 11.3 Å². The topological polar surface area (TPSA) is 73.2 Å². The van der Waals surface area contributed by atoms with Gasteiger partial charge in [-0.25, -0.2) is 4.98 Å². The van der Waals surface area contributed by atoms with Crippen LogP contribution in [0.3, 0.4) is 0 Å². The van der Waals surface area contributed by atoms with Crippen LogP contribution < -0.4 is 15.6 Å². The van der Waals surface area contributed by atoms with Gasteiger partial charge in [0.15, 0.2) is 0 Å². The molecule has 6 nitrogen and oxygen atoms in total. The summed E-state index contributed by atoms with van der Waals surface area (Å²) in [6.45, 7) is 4.07. The zero-order chi connectivity index (χ0) is 21.8. The normalized spacial score (nSPS) is 10.8. The lowest BCUT2D eigenvalue weighted by Crippen LogP contribution is -2.26. The van der Waals surface area contributed by atoms with Crippen LogP contribution in [0.5, 0.6) is 11.5 Å². The number of carbonyl (C=O) groups is 1. The second-order valence-electron chi connectivity index (χ2n) is 7.37. The molecule has 0 aliphatic rings. The highest BCUT2D eigenvalue weighted by Crippen LogP contribution is 2.23. The standard InChI is InChI=1S/C25H23N3O3/c1-17-7-11-20(12-8-17)31-21-13-9-19(10-14-21)27-24(29)15-16-28-18(2)26-23-6-4-3-5-22(23)25(28)30/h3-14H,15-16H2,1-2H3,(H,27,29). The first-order valence-corrected chi connectivity index (χ1v) is 10.1. The van der Waals surface area contributed by atoms with Crippen molar-refractivity contribution in [3.05, 3.63) is 94.5 Å². The zero-order valence-electron chi connectivity index (χ0n) is 17.5. The second kappa shape index (κ2) is 8.83. The molecule has 4 aromatic rings. The minimum Gasteiger partial charge on any atom is -0.457 e. The lowest BCUT2D eigenvalue weighted by molar-refractivity contribution is -0.116. The fourth-order valence-corrected chi connectivity index (χ4v) is 3.33. The van der Waals surface area contributed by atoms with Gasteiger partial charge in [0, 0.05) is 18.7 Å². The Morgan fingerprint density at radius 3 is 2.29 bits per heavy atom. The summed E-state index contributed by atoms with van der Waals surface area (Å²) in [5.74, 6) is 1.86. The van der Waals surface area contributed by atoms with E-state index in [9.17, 15) is 9.59 Å². The van der Waals surface area contributed by atoms with Crippen molar-refractivity contribution >= 4 is 22.5 Å². The third kappa shape index (κ3) is 4.80. The number of benzene rings is 3. The van der Waals surface area contributed by atoms with Gasteiger partial charge >= 0.3 is 0 Å². The fraction of sp³-hybridized carbons (Fsp3) is 0.160. The third-order valence-electron chi connectivity index (χ3n) is 5.01. The molecule has 4 rings (SSSR count). The SMILES string of the molecule is Cc1ccc(Oc2ccc(NC(=O)CCn3c(C)nc4ccccc4c3=O)cc2)cc1. The highest BCUT2D eigenvalue weighted by molar-refractivity contribution is 5.90. The molecule has 1 aromatic heterocycles. The van der Waals surface area contributed by atoms with Gasteiger partial charge in [-0.3, -0.25) is 14.2 Å². The molecule has 3 aromatic carbocycles. The summed E-state index contributed by atoms with van der Waals surface area (Å²) in [7, 11) is 0. The predicted octanol–water partition coefficient (Wildman–Crippen LogP) is 4.83. The molecular weight excluding hydrogens is 390 g/mol. The summed E-state index contributed by atoms with van der Waals surface area (Å²) in [6, 6.07) is 22.2. The summed E-state index contributed by atoms with van der Waals surface area (Å²) in [4.78, 5) is 29.6. The molecule has 1 N–H and O–H groups in total. The molecule has 0 saturated carbocycles. The van der Waals surface area contributed by atoms with E-state index in [-0.39, 0.29) is 24.4 Å². The lowest BCUT2D eigenvalue weighted by atomic mass is 10.2. The number of aromatic nitrogens is 2. The average molecular weight is 413 g/mol. The first kappa shape index (κ1) is 20.3. The Labute approximate surface area is 180 Å². The fourth-order valence-electron chi connectivity index (χ4n) is 3.33. The highest BCUT2D eigenvalue weighted by Gasteiger charge is 2.10. The molecule has 6 heteroatoms. The predicted molar refractivity (Wildman–Crippen MR) is 122 cm³/mol. The van der Waals surface area contributed by atoms with Crippen molar-refractivity contribution in [2.24, 2.45) is 0 Å². The maximum Gasteiger partial charge on any atom is 0.261 e. The summed E-state index contributed by atoms with van der Waals surface area (Å²) in [5, 5.41) is 3.41. The molecule has 0 spiro atoms. The number of para-hydroxylation sites is 1. The number of hydrogen-bond acceptors (Lipinski definition) is 4. The van der Waals surface area contributed by atoms with Crippen molar-refractivity contribution in [3.63, 3.8) is 0 Å². The maximum absolute atomic E-state index is 12.7. The molecule has 156 valence electrons. The van der Waals surface area contributed by atoms with E-state index < -0.39 is 0 Å². The number of anilines is 1. The van der Waals surface area contributed by atoms with Crippen LogP contribution >= 0.6 is 0 Å². The van der Waals surface area contributed by atoms with E-state index in [0.29, 0.717) is 28.2 Å². The summed E-state index contributed by atoms with van der Waals surface area (Å²) in [6.07, 6.45) is 0.169. The Hall–Kier alpha value is -3.93. The minimum atomic E-state index is -0.174. The number of rotatable bonds is 6. The van der Waals surface area contributed by atoms with E-state index >= 15 is 0 Å². The van der Waals surface area contributed by atoms with E-state index in [1.807, 2.05) is 49.4 Å². The van der Waals surface area contributed by atoms with Gasteiger partial charge in [-0.2, -0.15) is 0 Å². The molecule has 0 bridgehead atoms. The van der Waals surface area contributed by atoms with E-state index in [2.05, 4.69) is 10.3 Å². The van der Waals surface area contributed by atoms with E-state index in [1.165, 1.54) is 5.56 Å². The lowest BCUT2D eigenvalue weighted by Gasteiger charge is -2.11. The molecule has 1 amide bonds. The quantitative estimate of drug-likeness (QED) is 0.491. The van der Waals surface area contributed by atoms with E-state index in [0.717, 1.165) is 5.75 Å². The van der Waals surface area contributed by atoms with Gasteiger partial charge in [0.2, 0.25) is 5.91 Å². The first-order chi connectivity index (χ1) is 15.0. The average Bonchev–Trinajstić information content (AvgIpc) is 2.76. The number of hydrogen-bond donors (Lipinski definition) is 1. The Morgan fingerprint density at radius 2 is 1.58 bits per heavy atom. The molecule has 0 unspecified atom stereocenters. The number of carbonyl (C=O) groups excluding carboxylic acids is 1. The molecule has 1 heterocycles. The largest absolute Gasteiger partial charge is 0.457 e. The number of aryl methyl sites for hydroxylation is 2.